The number of nitrogens with one attached hydrogen (secondary N) is 1. The van der Waals surface area contributed by atoms with Gasteiger partial charge in [0.1, 0.15) is 24.5 Å². The summed E-state index contributed by atoms with van der Waals surface area (Å²) < 4.78 is 6.21. The van der Waals surface area contributed by atoms with Crippen LogP contribution in [0.1, 0.15) is 46.6 Å². The third kappa shape index (κ3) is 2.96. The number of aliphatic hydroxyl groups excluding tert-OH is 2. The number of fused-ring (bicyclic) bond motifs is 4. The van der Waals surface area contributed by atoms with Crippen LogP contribution >= 0.6 is 15.9 Å². The number of rotatable bonds is 4. The molecule has 2 aromatic carbocycles. The fraction of sp³-hybridized carbons (Fsp3) is 0.273. The first-order valence-electron chi connectivity index (χ1n) is 9.15. The lowest BCUT2D eigenvalue weighted by Crippen LogP contribution is -2.30. The van der Waals surface area contributed by atoms with Crippen LogP contribution in [-0.4, -0.2) is 40.3 Å². The van der Waals surface area contributed by atoms with E-state index in [1.54, 1.807) is 24.3 Å². The summed E-state index contributed by atoms with van der Waals surface area (Å²) in [5.74, 6) is 0.434. The first-order valence-corrected chi connectivity index (χ1v) is 9.94. The van der Waals surface area contributed by atoms with Gasteiger partial charge in [0.15, 0.2) is 5.78 Å². The van der Waals surface area contributed by atoms with Gasteiger partial charge in [-0.25, -0.2) is 0 Å². The van der Waals surface area contributed by atoms with Gasteiger partial charge in [0.25, 0.3) is 0 Å². The number of aromatic amines is 1. The van der Waals surface area contributed by atoms with Crippen molar-refractivity contribution in [3.05, 3.63) is 62.8 Å². The first-order chi connectivity index (χ1) is 13.8. The zero-order valence-electron chi connectivity index (χ0n) is 15.9. The topological polar surface area (TPSA) is 106 Å². The summed E-state index contributed by atoms with van der Waals surface area (Å²) in [4.78, 5) is 16.7. The van der Waals surface area contributed by atoms with E-state index in [1.807, 2.05) is 19.9 Å². The summed E-state index contributed by atoms with van der Waals surface area (Å²) in [6, 6.07) is 10.9. The van der Waals surface area contributed by atoms with E-state index < -0.39 is 11.5 Å². The normalized spacial score (nSPS) is 15.5. The molecule has 148 valence electrons. The van der Waals surface area contributed by atoms with Crippen LogP contribution in [0.15, 0.2) is 34.8 Å². The number of ketones is 1. The lowest BCUT2D eigenvalue weighted by atomic mass is 9.71. The molecule has 0 saturated heterocycles. The van der Waals surface area contributed by atoms with E-state index in [4.69, 9.17) is 9.84 Å². The molecule has 1 aliphatic rings. The number of aromatic nitrogens is 1. The number of hydrogen-bond donors (Lipinski definition) is 3. The maximum Gasteiger partial charge on any atom is 0.195 e. The molecule has 0 bridgehead atoms. The zero-order chi connectivity index (χ0) is 20.9. The Morgan fingerprint density at radius 1 is 1.31 bits per heavy atom. The van der Waals surface area contributed by atoms with Crippen molar-refractivity contribution < 1.29 is 19.7 Å². The number of ether oxygens (including phenoxy) is 1. The van der Waals surface area contributed by atoms with E-state index in [0.717, 1.165) is 22.2 Å². The summed E-state index contributed by atoms with van der Waals surface area (Å²) in [5, 5.41) is 28.6. The maximum absolute atomic E-state index is 13.3. The van der Waals surface area contributed by atoms with Crippen LogP contribution in [0.4, 0.5) is 0 Å². The fourth-order valence-corrected chi connectivity index (χ4v) is 4.40. The highest BCUT2D eigenvalue weighted by molar-refractivity contribution is 9.10. The molecule has 1 atom stereocenters. The monoisotopic (exact) mass is 454 g/mol. The van der Waals surface area contributed by atoms with Crippen LogP contribution in [0.3, 0.4) is 0 Å². The van der Waals surface area contributed by atoms with E-state index >= 15 is 0 Å². The number of H-pyrrole nitrogens is 1. The van der Waals surface area contributed by atoms with Crippen LogP contribution in [0.25, 0.3) is 10.9 Å². The van der Waals surface area contributed by atoms with Gasteiger partial charge < -0.3 is 19.9 Å². The van der Waals surface area contributed by atoms with E-state index in [1.165, 1.54) is 0 Å². The molecule has 3 aromatic rings. The SMILES string of the molecule is CC1(C)c2cc(OC[C@@H](O)CO)ccc2C(=O)c2c1[nH]c1c(Br)c(C#N)ccc21. The van der Waals surface area contributed by atoms with Crippen molar-refractivity contribution in [3.63, 3.8) is 0 Å². The second-order valence-electron chi connectivity index (χ2n) is 7.65. The van der Waals surface area contributed by atoms with Crippen molar-refractivity contribution in [1.82, 2.24) is 4.98 Å². The molecule has 3 N–H and O–H groups in total. The van der Waals surface area contributed by atoms with Gasteiger partial charge in [-0.05, 0) is 45.8 Å². The number of carbonyl (C=O) groups is 1. The third-order valence-electron chi connectivity index (χ3n) is 5.45. The molecule has 0 radical (unpaired) electrons. The van der Waals surface area contributed by atoms with Crippen LogP contribution in [0, 0.1) is 11.3 Å². The Morgan fingerprint density at radius 3 is 2.76 bits per heavy atom. The van der Waals surface area contributed by atoms with Gasteiger partial charge in [0.05, 0.1) is 27.7 Å². The Bertz CT molecular complexity index is 1190. The minimum absolute atomic E-state index is 0.0365. The van der Waals surface area contributed by atoms with E-state index in [-0.39, 0.29) is 19.0 Å². The summed E-state index contributed by atoms with van der Waals surface area (Å²) in [6.45, 7) is 3.63. The molecular formula is C22H19BrN2O4. The Morgan fingerprint density at radius 2 is 2.07 bits per heavy atom. The van der Waals surface area contributed by atoms with E-state index in [9.17, 15) is 15.2 Å². The van der Waals surface area contributed by atoms with Gasteiger partial charge in [-0.1, -0.05) is 19.9 Å². The van der Waals surface area contributed by atoms with Gasteiger partial charge >= 0.3 is 0 Å². The molecule has 0 saturated carbocycles. The second-order valence-corrected chi connectivity index (χ2v) is 8.44. The lowest BCUT2D eigenvalue weighted by molar-refractivity contribution is 0.0535. The third-order valence-corrected chi connectivity index (χ3v) is 6.27. The molecular weight excluding hydrogens is 436 g/mol. The molecule has 6 nitrogen and oxygen atoms in total. The number of benzene rings is 2. The number of aliphatic hydroxyl groups is 2. The smallest absolute Gasteiger partial charge is 0.195 e. The highest BCUT2D eigenvalue weighted by Crippen LogP contribution is 2.45. The summed E-state index contributed by atoms with van der Waals surface area (Å²) in [5.41, 5.74) is 3.52. The van der Waals surface area contributed by atoms with Gasteiger partial charge in [0, 0.05) is 22.1 Å². The molecule has 0 fully saturated rings. The zero-order valence-corrected chi connectivity index (χ0v) is 17.5. The largest absolute Gasteiger partial charge is 0.491 e. The molecule has 1 aromatic heterocycles. The van der Waals surface area contributed by atoms with Gasteiger partial charge in [-0.15, -0.1) is 0 Å². The summed E-state index contributed by atoms with van der Waals surface area (Å²) >= 11 is 3.48. The van der Waals surface area contributed by atoms with Crippen molar-refractivity contribution in [2.24, 2.45) is 0 Å². The average molecular weight is 455 g/mol. The molecule has 0 aliphatic heterocycles. The van der Waals surface area contributed by atoms with Crippen molar-refractivity contribution in [2.45, 2.75) is 25.4 Å². The Labute approximate surface area is 175 Å². The van der Waals surface area contributed by atoms with Crippen molar-refractivity contribution in [3.8, 4) is 11.8 Å². The van der Waals surface area contributed by atoms with Gasteiger partial charge in [0.2, 0.25) is 0 Å². The minimum atomic E-state index is -0.965. The molecule has 0 spiro atoms. The fourth-order valence-electron chi connectivity index (χ4n) is 3.86. The van der Waals surface area contributed by atoms with Gasteiger partial charge in [-0.3, -0.25) is 4.79 Å². The highest BCUT2D eigenvalue weighted by atomic mass is 79.9. The predicted octanol–water partition coefficient (Wildman–Crippen LogP) is 3.40. The van der Waals surface area contributed by atoms with Crippen LogP contribution in [0.5, 0.6) is 5.75 Å². The molecule has 7 heteroatoms. The number of nitriles is 1. The number of halogens is 1. The van der Waals surface area contributed by atoms with Crippen LogP contribution in [-0.2, 0) is 5.41 Å². The highest BCUT2D eigenvalue weighted by Gasteiger charge is 2.40. The molecule has 1 aliphatic carbocycles. The van der Waals surface area contributed by atoms with Crippen molar-refractivity contribution in [2.75, 3.05) is 13.2 Å². The molecule has 0 amide bonds. The minimum Gasteiger partial charge on any atom is -0.491 e. The average Bonchev–Trinajstić information content (AvgIpc) is 3.12. The summed E-state index contributed by atoms with van der Waals surface area (Å²) in [7, 11) is 0. The molecule has 0 unspecified atom stereocenters. The van der Waals surface area contributed by atoms with E-state index in [0.29, 0.717) is 26.9 Å². The number of carbonyl (C=O) groups excluding carboxylic acids is 1. The van der Waals surface area contributed by atoms with Crippen LogP contribution < -0.4 is 4.74 Å². The molecule has 29 heavy (non-hydrogen) atoms. The first kappa shape index (κ1) is 19.6. The summed E-state index contributed by atoms with van der Waals surface area (Å²) in [6.07, 6.45) is -0.965. The molecule has 1 heterocycles. The maximum atomic E-state index is 13.3. The van der Waals surface area contributed by atoms with Gasteiger partial charge in [-0.2, -0.15) is 5.26 Å². The number of hydrogen-bond acceptors (Lipinski definition) is 5. The second kappa shape index (κ2) is 6.99. The predicted molar refractivity (Wildman–Crippen MR) is 111 cm³/mol. The lowest BCUT2D eigenvalue weighted by Gasteiger charge is -2.32. The number of nitrogens with zero attached hydrogens (tertiary/aromatic N) is 1. The van der Waals surface area contributed by atoms with E-state index in [2.05, 4.69) is 27.0 Å². The molecule has 4 rings (SSSR count). The Balaban J connectivity index is 1.87. The Kier molecular flexibility index (Phi) is 4.74. The standard InChI is InChI=1S/C22H19BrN2O4/c1-22(2)16-7-13(29-10-12(27)9-26)4-6-14(16)20(28)17-15-5-3-11(8-24)18(23)19(15)25-21(17)22/h3-7,12,25-27H,9-10H2,1-2H3/t12-/m0/s1. The quantitative estimate of drug-likeness (QED) is 0.559. The van der Waals surface area contributed by atoms with Crippen molar-refractivity contribution in [1.29, 1.82) is 5.26 Å². The van der Waals surface area contributed by atoms with Crippen LogP contribution in [0.2, 0.25) is 0 Å². The van der Waals surface area contributed by atoms with Crippen molar-refractivity contribution >= 4 is 32.6 Å². The Hall–Kier alpha value is -2.66.